The topological polar surface area (TPSA) is 29.5 Å². The van der Waals surface area contributed by atoms with Crippen LogP contribution in [0, 0.1) is 6.61 Å². The summed E-state index contributed by atoms with van der Waals surface area (Å²) < 4.78 is 5.12. The Bertz CT molecular complexity index is 214. The van der Waals surface area contributed by atoms with Crippen molar-refractivity contribution < 1.29 is 9.84 Å². The molecule has 0 aromatic carbocycles. The Morgan fingerprint density at radius 1 is 0.682 bits per heavy atom. The van der Waals surface area contributed by atoms with E-state index in [2.05, 4.69) is 19.1 Å². The number of hydrogen-bond donors (Lipinski definition) is 1. The van der Waals surface area contributed by atoms with Gasteiger partial charge < -0.3 is 9.84 Å². The molecule has 0 amide bonds. The van der Waals surface area contributed by atoms with Gasteiger partial charge in [0.05, 0.1) is 19.8 Å². The van der Waals surface area contributed by atoms with Gasteiger partial charge in [0.25, 0.3) is 0 Å². The fourth-order valence-electron chi connectivity index (χ4n) is 2.52. The molecule has 0 saturated heterocycles. The van der Waals surface area contributed by atoms with Gasteiger partial charge in [0.15, 0.2) is 0 Å². The highest BCUT2D eigenvalue weighted by Gasteiger charge is 1.92. The van der Waals surface area contributed by atoms with E-state index in [-0.39, 0.29) is 6.61 Å². The van der Waals surface area contributed by atoms with E-state index in [1.807, 2.05) is 6.61 Å². The third kappa shape index (κ3) is 19.7. The minimum Gasteiger partial charge on any atom is -0.394 e. The molecule has 0 aliphatic rings. The first kappa shape index (κ1) is 21.7. The minimum absolute atomic E-state index is 0.114. The van der Waals surface area contributed by atoms with Crippen molar-refractivity contribution in [2.75, 3.05) is 13.2 Å². The maximum absolute atomic E-state index is 8.55. The van der Waals surface area contributed by atoms with E-state index in [1.165, 1.54) is 83.5 Å². The highest BCUT2D eigenvalue weighted by Crippen LogP contribution is 2.10. The van der Waals surface area contributed by atoms with Crippen LogP contribution in [0.5, 0.6) is 0 Å². The molecule has 2 nitrogen and oxygen atoms in total. The van der Waals surface area contributed by atoms with Crippen molar-refractivity contribution in [1.29, 1.82) is 0 Å². The van der Waals surface area contributed by atoms with Gasteiger partial charge in [-0.15, -0.1) is 0 Å². The summed E-state index contributed by atoms with van der Waals surface area (Å²) >= 11 is 0. The lowest BCUT2D eigenvalue weighted by Crippen LogP contribution is -1.96. The fourth-order valence-corrected chi connectivity index (χ4v) is 2.52. The second kappa shape index (κ2) is 20.7. The number of rotatable bonds is 18. The molecule has 0 aromatic rings. The lowest BCUT2D eigenvalue weighted by atomic mass is 10.1. The van der Waals surface area contributed by atoms with Crippen molar-refractivity contribution in [3.05, 3.63) is 18.8 Å². The van der Waals surface area contributed by atoms with Crippen LogP contribution in [0.1, 0.15) is 96.8 Å². The molecule has 0 saturated carbocycles. The smallest absolute Gasteiger partial charge is 0.0837 e. The summed E-state index contributed by atoms with van der Waals surface area (Å²) in [4.78, 5) is 0. The molecule has 0 spiro atoms. The molecule has 1 radical (unpaired) electrons. The van der Waals surface area contributed by atoms with Gasteiger partial charge in [0.2, 0.25) is 0 Å². The number of allylic oxidation sites excluding steroid dienone is 2. The summed E-state index contributed by atoms with van der Waals surface area (Å²) in [5.41, 5.74) is 0. The van der Waals surface area contributed by atoms with Crippen molar-refractivity contribution in [3.63, 3.8) is 0 Å². The van der Waals surface area contributed by atoms with Gasteiger partial charge in [-0.2, -0.15) is 0 Å². The highest BCUT2D eigenvalue weighted by atomic mass is 16.5. The van der Waals surface area contributed by atoms with Gasteiger partial charge >= 0.3 is 0 Å². The molecular weight excluding hydrogens is 272 g/mol. The number of aliphatic hydroxyl groups is 1. The Labute approximate surface area is 139 Å². The Balaban J connectivity index is 3.02. The number of aliphatic hydroxyl groups excluding tert-OH is 1. The summed E-state index contributed by atoms with van der Waals surface area (Å²) in [5, 5.41) is 8.55. The van der Waals surface area contributed by atoms with Gasteiger partial charge in [0.1, 0.15) is 0 Å². The van der Waals surface area contributed by atoms with Crippen LogP contribution in [0.15, 0.2) is 12.2 Å². The average molecular weight is 312 g/mol. The molecule has 0 unspecified atom stereocenters. The zero-order chi connectivity index (χ0) is 16.1. The lowest BCUT2D eigenvalue weighted by molar-refractivity contribution is 0.132. The molecule has 0 aromatic heterocycles. The Morgan fingerprint density at radius 2 is 1.18 bits per heavy atom. The van der Waals surface area contributed by atoms with Crippen LogP contribution >= 0.6 is 0 Å². The second-order valence-electron chi connectivity index (χ2n) is 6.13. The molecule has 1 N–H and O–H groups in total. The summed E-state index contributed by atoms with van der Waals surface area (Å²) in [5.74, 6) is 0. The minimum atomic E-state index is 0.114. The van der Waals surface area contributed by atoms with Gasteiger partial charge in [-0.25, -0.2) is 0 Å². The van der Waals surface area contributed by atoms with E-state index >= 15 is 0 Å². The van der Waals surface area contributed by atoms with Crippen molar-refractivity contribution in [2.45, 2.75) is 96.8 Å². The predicted molar refractivity (Wildman–Crippen MR) is 96.8 cm³/mol. The number of ether oxygens (including phenoxy) is 1. The maximum Gasteiger partial charge on any atom is 0.0837 e. The largest absolute Gasteiger partial charge is 0.394 e. The van der Waals surface area contributed by atoms with E-state index in [9.17, 15) is 0 Å². The number of unbranched alkanes of at least 4 members (excludes halogenated alkanes) is 12. The first-order chi connectivity index (χ1) is 10.9. The van der Waals surface area contributed by atoms with Gasteiger partial charge in [-0.05, 0) is 32.1 Å². The maximum atomic E-state index is 8.55. The SMILES string of the molecule is CCCCCCCC/C=C\CCCCCCC[CH]OCCO. The first-order valence-electron chi connectivity index (χ1n) is 9.61. The van der Waals surface area contributed by atoms with E-state index in [4.69, 9.17) is 9.84 Å². The molecule has 2 heteroatoms. The summed E-state index contributed by atoms with van der Waals surface area (Å²) in [7, 11) is 0. The third-order valence-corrected chi connectivity index (χ3v) is 3.91. The molecule has 0 aliphatic carbocycles. The van der Waals surface area contributed by atoms with Crippen LogP contribution in [-0.2, 0) is 4.74 Å². The first-order valence-corrected chi connectivity index (χ1v) is 9.61. The van der Waals surface area contributed by atoms with Gasteiger partial charge in [0, 0.05) is 0 Å². The Morgan fingerprint density at radius 3 is 1.73 bits per heavy atom. The molecule has 0 bridgehead atoms. The Hall–Kier alpha value is -0.340. The van der Waals surface area contributed by atoms with Gasteiger partial charge in [-0.3, -0.25) is 0 Å². The molecule has 0 heterocycles. The number of hydrogen-bond acceptors (Lipinski definition) is 2. The van der Waals surface area contributed by atoms with Crippen molar-refractivity contribution in [2.24, 2.45) is 0 Å². The van der Waals surface area contributed by atoms with Crippen LogP contribution in [0.3, 0.4) is 0 Å². The normalized spacial score (nSPS) is 11.5. The van der Waals surface area contributed by atoms with Gasteiger partial charge in [-0.1, -0.05) is 76.9 Å². The highest BCUT2D eigenvalue weighted by molar-refractivity contribution is 4.81. The molecule has 0 fully saturated rings. The Kier molecular flexibility index (Phi) is 20.3. The molecule has 22 heavy (non-hydrogen) atoms. The van der Waals surface area contributed by atoms with Crippen LogP contribution in [-0.4, -0.2) is 18.3 Å². The van der Waals surface area contributed by atoms with Crippen molar-refractivity contribution >= 4 is 0 Å². The summed E-state index contributed by atoms with van der Waals surface area (Å²) in [6.07, 6.45) is 23.2. The zero-order valence-corrected chi connectivity index (χ0v) is 14.9. The summed E-state index contributed by atoms with van der Waals surface area (Å²) in [6, 6.07) is 0. The molecular formula is C20H39O2. The van der Waals surface area contributed by atoms with Crippen molar-refractivity contribution in [3.8, 4) is 0 Å². The van der Waals surface area contributed by atoms with Crippen LogP contribution < -0.4 is 0 Å². The van der Waals surface area contributed by atoms with E-state index < -0.39 is 0 Å². The van der Waals surface area contributed by atoms with E-state index in [1.54, 1.807) is 0 Å². The fraction of sp³-hybridized carbons (Fsp3) is 0.850. The van der Waals surface area contributed by atoms with Crippen LogP contribution in [0.4, 0.5) is 0 Å². The van der Waals surface area contributed by atoms with Crippen LogP contribution in [0.2, 0.25) is 0 Å². The lowest BCUT2D eigenvalue weighted by Gasteiger charge is -2.01. The molecule has 0 atom stereocenters. The quantitative estimate of drug-likeness (QED) is 0.241. The average Bonchev–Trinajstić information content (AvgIpc) is 2.54. The van der Waals surface area contributed by atoms with Crippen molar-refractivity contribution in [1.82, 2.24) is 0 Å². The van der Waals surface area contributed by atoms with E-state index in [0.717, 1.165) is 6.42 Å². The zero-order valence-electron chi connectivity index (χ0n) is 14.9. The molecule has 131 valence electrons. The molecule has 0 aliphatic heterocycles. The van der Waals surface area contributed by atoms with Crippen LogP contribution in [0.25, 0.3) is 0 Å². The predicted octanol–water partition coefficient (Wildman–Crippen LogP) is 6.19. The standard InChI is InChI=1S/C20H39O2/c1-2-3-4-5-6-7-8-9-10-11-12-13-14-15-16-17-19-22-20-18-21/h9-10,19,21H,2-8,11-18,20H2,1H3/b10-9-. The third-order valence-electron chi connectivity index (χ3n) is 3.91. The molecule has 0 rings (SSSR count). The summed E-state index contributed by atoms with van der Waals surface area (Å²) in [6.45, 7) is 4.66. The monoisotopic (exact) mass is 311 g/mol. The second-order valence-corrected chi connectivity index (χ2v) is 6.13. The van der Waals surface area contributed by atoms with E-state index in [0.29, 0.717) is 6.61 Å².